The molecule has 84 valence electrons. The lowest BCUT2D eigenvalue weighted by molar-refractivity contribution is 0.0922. The van der Waals surface area contributed by atoms with Crippen molar-refractivity contribution in [2.45, 2.75) is 13.1 Å². The second-order valence-electron chi connectivity index (χ2n) is 4.41. The summed E-state index contributed by atoms with van der Waals surface area (Å²) in [5.41, 5.74) is 3.00. The number of carbonyl (C=O) groups excluding carboxylic acids is 1. The Labute approximate surface area is 94.6 Å². The molecule has 1 aromatic carbocycles. The number of hydrogen-bond acceptors (Lipinski definition) is 3. The van der Waals surface area contributed by atoms with Gasteiger partial charge < -0.3 is 15.5 Å². The molecule has 1 fully saturated rings. The Balaban J connectivity index is 2.08. The van der Waals surface area contributed by atoms with E-state index in [0.29, 0.717) is 0 Å². The number of aryl methyl sites for hydroxylation is 1. The molecular weight excluding hydrogens is 202 g/mol. The van der Waals surface area contributed by atoms with Crippen molar-refractivity contribution in [3.05, 3.63) is 29.3 Å². The third-order valence-electron chi connectivity index (χ3n) is 3.25. The molecule has 4 heteroatoms. The first-order valence-electron chi connectivity index (χ1n) is 5.64. The van der Waals surface area contributed by atoms with Crippen LogP contribution in [0.3, 0.4) is 0 Å². The molecular formula is C12H15N3O. The van der Waals surface area contributed by atoms with Crippen LogP contribution < -0.4 is 15.5 Å². The van der Waals surface area contributed by atoms with Gasteiger partial charge >= 0.3 is 0 Å². The van der Waals surface area contributed by atoms with Crippen LogP contribution in [0.25, 0.3) is 0 Å². The Morgan fingerprint density at radius 1 is 1.44 bits per heavy atom. The van der Waals surface area contributed by atoms with Gasteiger partial charge in [-0.15, -0.1) is 0 Å². The van der Waals surface area contributed by atoms with E-state index in [-0.39, 0.29) is 12.1 Å². The number of carbonyl (C=O) groups is 1. The van der Waals surface area contributed by atoms with Gasteiger partial charge in [0.05, 0.1) is 11.3 Å². The van der Waals surface area contributed by atoms with E-state index in [2.05, 4.69) is 27.7 Å². The van der Waals surface area contributed by atoms with Gasteiger partial charge in [0.1, 0.15) is 6.17 Å². The molecule has 2 aliphatic rings. The highest BCUT2D eigenvalue weighted by Gasteiger charge is 2.31. The predicted molar refractivity (Wildman–Crippen MR) is 62.6 cm³/mol. The summed E-state index contributed by atoms with van der Waals surface area (Å²) < 4.78 is 0. The van der Waals surface area contributed by atoms with Gasteiger partial charge in [-0.2, -0.15) is 0 Å². The molecule has 0 spiro atoms. The molecule has 4 nitrogen and oxygen atoms in total. The van der Waals surface area contributed by atoms with Crippen LogP contribution in [0.15, 0.2) is 18.2 Å². The average Bonchev–Trinajstić information content (AvgIpc) is 2.29. The molecule has 0 aromatic heterocycles. The first-order chi connectivity index (χ1) is 7.75. The second kappa shape index (κ2) is 3.49. The number of piperazine rings is 1. The molecule has 0 unspecified atom stereocenters. The van der Waals surface area contributed by atoms with Gasteiger partial charge in [0.15, 0.2) is 0 Å². The number of hydrogen-bond donors (Lipinski definition) is 2. The Kier molecular flexibility index (Phi) is 2.11. The van der Waals surface area contributed by atoms with Crippen molar-refractivity contribution in [1.82, 2.24) is 10.6 Å². The van der Waals surface area contributed by atoms with Gasteiger partial charge in [0, 0.05) is 19.6 Å². The Morgan fingerprint density at radius 3 is 3.19 bits per heavy atom. The normalized spacial score (nSPS) is 23.4. The number of nitrogens with zero attached hydrogens (tertiary/aromatic N) is 1. The van der Waals surface area contributed by atoms with Crippen molar-refractivity contribution in [3.63, 3.8) is 0 Å². The van der Waals surface area contributed by atoms with E-state index in [4.69, 9.17) is 0 Å². The minimum absolute atomic E-state index is 0.0450. The van der Waals surface area contributed by atoms with Crippen molar-refractivity contribution in [3.8, 4) is 0 Å². The summed E-state index contributed by atoms with van der Waals surface area (Å²) in [6.07, 6.45) is 0.108. The minimum atomic E-state index is 0.0450. The zero-order valence-corrected chi connectivity index (χ0v) is 9.29. The van der Waals surface area contributed by atoms with Gasteiger partial charge in [0.25, 0.3) is 5.91 Å². The fourth-order valence-electron chi connectivity index (χ4n) is 2.43. The predicted octanol–water partition coefficient (Wildman–Crippen LogP) is 0.474. The number of fused-ring (bicyclic) bond motifs is 3. The first-order valence-corrected chi connectivity index (χ1v) is 5.64. The minimum Gasteiger partial charge on any atom is -0.348 e. The summed E-state index contributed by atoms with van der Waals surface area (Å²) in [5, 5.41) is 6.32. The lowest BCUT2D eigenvalue weighted by Gasteiger charge is -2.42. The second-order valence-corrected chi connectivity index (χ2v) is 4.41. The zero-order valence-electron chi connectivity index (χ0n) is 9.29. The number of rotatable bonds is 0. The molecule has 1 atom stereocenters. The Morgan fingerprint density at radius 2 is 2.31 bits per heavy atom. The van der Waals surface area contributed by atoms with Crippen molar-refractivity contribution in [2.24, 2.45) is 0 Å². The van der Waals surface area contributed by atoms with Crippen molar-refractivity contribution in [1.29, 1.82) is 0 Å². The summed E-state index contributed by atoms with van der Waals surface area (Å²) in [5.74, 6) is 0.0450. The van der Waals surface area contributed by atoms with Crippen molar-refractivity contribution < 1.29 is 4.79 Å². The van der Waals surface area contributed by atoms with E-state index in [9.17, 15) is 4.79 Å². The van der Waals surface area contributed by atoms with E-state index in [0.717, 1.165) is 36.4 Å². The maximum absolute atomic E-state index is 11.9. The number of anilines is 1. The standard InChI is InChI=1S/C12H15N3O/c1-8-2-3-10-9(6-8)12(16)14-11-7-13-4-5-15(10)11/h2-3,6,11,13H,4-5,7H2,1H3,(H,14,16)/t11-/m1/s1. The fraction of sp³-hybridized carbons (Fsp3) is 0.417. The average molecular weight is 217 g/mol. The smallest absolute Gasteiger partial charge is 0.255 e. The largest absolute Gasteiger partial charge is 0.348 e. The lowest BCUT2D eigenvalue weighted by Crippen LogP contribution is -2.62. The highest BCUT2D eigenvalue weighted by Crippen LogP contribution is 2.27. The molecule has 0 bridgehead atoms. The summed E-state index contributed by atoms with van der Waals surface area (Å²) in [7, 11) is 0. The van der Waals surface area contributed by atoms with Crippen LogP contribution >= 0.6 is 0 Å². The van der Waals surface area contributed by atoms with E-state index < -0.39 is 0 Å². The third-order valence-corrected chi connectivity index (χ3v) is 3.25. The topological polar surface area (TPSA) is 44.4 Å². The molecule has 0 radical (unpaired) electrons. The highest BCUT2D eigenvalue weighted by atomic mass is 16.2. The lowest BCUT2D eigenvalue weighted by atomic mass is 10.0. The number of benzene rings is 1. The quantitative estimate of drug-likeness (QED) is 0.664. The van der Waals surface area contributed by atoms with Gasteiger partial charge in [-0.05, 0) is 19.1 Å². The SMILES string of the molecule is Cc1ccc2c(c1)C(=O)N[C@H]1CNCCN21. The van der Waals surface area contributed by atoms with Gasteiger partial charge in [0.2, 0.25) is 0 Å². The summed E-state index contributed by atoms with van der Waals surface area (Å²) in [6.45, 7) is 4.75. The van der Waals surface area contributed by atoms with E-state index in [1.54, 1.807) is 0 Å². The maximum atomic E-state index is 11.9. The van der Waals surface area contributed by atoms with Crippen LogP contribution in [-0.2, 0) is 0 Å². The maximum Gasteiger partial charge on any atom is 0.255 e. The van der Waals surface area contributed by atoms with Crippen LogP contribution in [-0.4, -0.2) is 31.7 Å². The fourth-order valence-corrected chi connectivity index (χ4v) is 2.43. The third kappa shape index (κ3) is 1.38. The Bertz CT molecular complexity index is 444. The van der Waals surface area contributed by atoms with Gasteiger partial charge in [-0.25, -0.2) is 0 Å². The molecule has 3 rings (SSSR count). The zero-order chi connectivity index (χ0) is 11.1. The van der Waals surface area contributed by atoms with E-state index in [1.807, 2.05) is 13.0 Å². The van der Waals surface area contributed by atoms with Crippen LogP contribution in [0, 0.1) is 6.92 Å². The molecule has 1 aromatic rings. The number of nitrogens with one attached hydrogen (secondary N) is 2. The Hall–Kier alpha value is -1.55. The van der Waals surface area contributed by atoms with Crippen molar-refractivity contribution in [2.75, 3.05) is 24.5 Å². The molecule has 2 aliphatic heterocycles. The monoisotopic (exact) mass is 217 g/mol. The molecule has 1 saturated heterocycles. The highest BCUT2D eigenvalue weighted by molar-refractivity contribution is 6.02. The van der Waals surface area contributed by atoms with E-state index in [1.165, 1.54) is 0 Å². The first kappa shape index (κ1) is 9.66. The van der Waals surface area contributed by atoms with Crippen molar-refractivity contribution >= 4 is 11.6 Å². The summed E-state index contributed by atoms with van der Waals surface area (Å²) >= 11 is 0. The molecule has 0 saturated carbocycles. The van der Waals surface area contributed by atoms with Crippen LogP contribution in [0.5, 0.6) is 0 Å². The number of amides is 1. The summed E-state index contributed by atoms with van der Waals surface area (Å²) in [4.78, 5) is 14.2. The molecule has 0 aliphatic carbocycles. The van der Waals surface area contributed by atoms with Crippen LogP contribution in [0.2, 0.25) is 0 Å². The van der Waals surface area contributed by atoms with Crippen LogP contribution in [0.4, 0.5) is 5.69 Å². The molecule has 16 heavy (non-hydrogen) atoms. The molecule has 2 N–H and O–H groups in total. The van der Waals surface area contributed by atoms with Crippen LogP contribution in [0.1, 0.15) is 15.9 Å². The molecule has 2 heterocycles. The summed E-state index contributed by atoms with van der Waals surface area (Å²) in [6, 6.07) is 6.08. The van der Waals surface area contributed by atoms with Gasteiger partial charge in [-0.3, -0.25) is 4.79 Å². The van der Waals surface area contributed by atoms with E-state index >= 15 is 0 Å². The molecule has 1 amide bonds. The van der Waals surface area contributed by atoms with Gasteiger partial charge in [-0.1, -0.05) is 11.6 Å².